The number of nitrogens with zero attached hydrogens (tertiary/aromatic N) is 5. The number of benzene rings is 2. The Hall–Kier alpha value is -5.17. The Morgan fingerprint density at radius 2 is 1.90 bits per heavy atom. The number of carboxylic acid groups (broad SMARTS) is 1. The summed E-state index contributed by atoms with van der Waals surface area (Å²) in [4.78, 5) is 39.6. The van der Waals surface area contributed by atoms with Crippen LogP contribution >= 0.6 is 0 Å². The second-order valence-electron chi connectivity index (χ2n) is 12.2. The number of para-hydroxylation sites is 1. The van der Waals surface area contributed by atoms with E-state index >= 15 is 0 Å². The molecule has 2 N–H and O–H groups in total. The average Bonchev–Trinajstić information content (AvgIpc) is 3.85. The zero-order valence-electron chi connectivity index (χ0n) is 28.2. The van der Waals surface area contributed by atoms with Crippen LogP contribution in [0, 0.1) is 19.8 Å². The van der Waals surface area contributed by atoms with Crippen molar-refractivity contribution in [3.05, 3.63) is 89.1 Å². The Balaban J connectivity index is 0.00000151. The lowest BCUT2D eigenvalue weighted by atomic mass is 9.88. The van der Waals surface area contributed by atoms with E-state index in [-0.39, 0.29) is 30.1 Å². The SMILES string of the molecule is COc1ccc2cc1OCCN(Cc1cnn(-c3ccccc3)c1)CCCNC(=O)[C@H]1CN(C(=O)CCc3c(C)noc3C)C[C@H]21.O=CO. The summed E-state index contributed by atoms with van der Waals surface area (Å²) in [6.07, 6.45) is 5.63. The first-order valence-corrected chi connectivity index (χ1v) is 16.5. The molecule has 4 heterocycles. The van der Waals surface area contributed by atoms with Gasteiger partial charge < -0.3 is 29.3 Å². The normalized spacial score (nSPS) is 18.3. The number of ether oxygens (including phenoxy) is 2. The highest BCUT2D eigenvalue weighted by atomic mass is 16.5. The fourth-order valence-corrected chi connectivity index (χ4v) is 6.52. The van der Waals surface area contributed by atoms with Crippen LogP contribution in [0.3, 0.4) is 0 Å². The molecular formula is C36H44N6O7. The summed E-state index contributed by atoms with van der Waals surface area (Å²) in [5.74, 6) is 1.48. The molecule has 13 heteroatoms. The van der Waals surface area contributed by atoms with Gasteiger partial charge in [-0.2, -0.15) is 5.10 Å². The maximum Gasteiger partial charge on any atom is 0.290 e. The van der Waals surface area contributed by atoms with E-state index in [1.54, 1.807) is 7.11 Å². The Labute approximate surface area is 285 Å². The van der Waals surface area contributed by atoms with Gasteiger partial charge in [-0.15, -0.1) is 0 Å². The van der Waals surface area contributed by atoms with Crippen molar-refractivity contribution in [2.45, 2.75) is 45.6 Å². The summed E-state index contributed by atoms with van der Waals surface area (Å²) < 4.78 is 19.1. The standard InChI is InChI=1S/C35H42N6O5.CH2O2/c1-24-29(25(2)46-38-24)11-13-34(42)40-22-30-27-10-12-32(44-3)33(18-27)45-17-16-39(15-7-14-36-35(43)31(30)23-40)20-26-19-37-41(21-26)28-8-5-4-6-9-28;2-1-3/h4-6,8-10,12,18-19,21,30-31H,7,11,13-17,20,22-23H2,1-3H3,(H,36,43);1H,(H,2,3)/t30-,31+;/m1./s1. The molecule has 0 saturated carbocycles. The zero-order chi connectivity index (χ0) is 34.8. The number of carbonyl (C=O) groups is 3. The third-order valence-corrected chi connectivity index (χ3v) is 9.07. The molecule has 2 bridgehead atoms. The van der Waals surface area contributed by atoms with Gasteiger partial charge in [0.05, 0.1) is 30.6 Å². The minimum Gasteiger partial charge on any atom is -0.493 e. The lowest BCUT2D eigenvalue weighted by molar-refractivity contribution is -0.130. The zero-order valence-corrected chi connectivity index (χ0v) is 28.2. The Kier molecular flexibility index (Phi) is 12.0. The molecule has 2 atom stereocenters. The van der Waals surface area contributed by atoms with Crippen LogP contribution < -0.4 is 14.8 Å². The minimum atomic E-state index is -0.368. The second kappa shape index (κ2) is 16.8. The van der Waals surface area contributed by atoms with Gasteiger partial charge in [0.15, 0.2) is 11.5 Å². The molecule has 0 radical (unpaired) electrons. The molecule has 6 rings (SSSR count). The van der Waals surface area contributed by atoms with Crippen molar-refractivity contribution in [2.75, 3.05) is 46.4 Å². The van der Waals surface area contributed by atoms with Crippen molar-refractivity contribution >= 4 is 18.3 Å². The molecule has 4 aromatic rings. The van der Waals surface area contributed by atoms with Gasteiger partial charge in [-0.05, 0) is 56.5 Å². The number of methoxy groups -OCH3 is 1. The van der Waals surface area contributed by atoms with Gasteiger partial charge in [0.25, 0.3) is 6.47 Å². The molecule has 0 spiro atoms. The monoisotopic (exact) mass is 672 g/mol. The van der Waals surface area contributed by atoms with Crippen molar-refractivity contribution in [3.8, 4) is 17.2 Å². The Bertz CT molecular complexity index is 1690. The maximum absolute atomic E-state index is 13.6. The molecule has 2 aromatic carbocycles. The molecule has 49 heavy (non-hydrogen) atoms. The van der Waals surface area contributed by atoms with Crippen LogP contribution in [0.2, 0.25) is 0 Å². The Morgan fingerprint density at radius 1 is 1.12 bits per heavy atom. The quantitative estimate of drug-likeness (QED) is 0.278. The van der Waals surface area contributed by atoms with Crippen molar-refractivity contribution < 1.29 is 33.5 Å². The van der Waals surface area contributed by atoms with Crippen LogP contribution in [0.1, 0.15) is 46.9 Å². The fraction of sp³-hybridized carbons (Fsp3) is 0.417. The molecule has 260 valence electrons. The number of hydrogen-bond acceptors (Lipinski definition) is 9. The van der Waals surface area contributed by atoms with E-state index in [0.717, 1.165) is 46.8 Å². The van der Waals surface area contributed by atoms with E-state index in [1.807, 2.05) is 78.2 Å². The van der Waals surface area contributed by atoms with Crippen molar-refractivity contribution in [1.29, 1.82) is 0 Å². The van der Waals surface area contributed by atoms with E-state index < -0.39 is 0 Å². The molecule has 1 fully saturated rings. The number of nitrogens with one attached hydrogen (secondary N) is 1. The summed E-state index contributed by atoms with van der Waals surface area (Å²) in [7, 11) is 1.63. The van der Waals surface area contributed by atoms with Crippen LogP contribution in [0.5, 0.6) is 11.5 Å². The molecule has 1 saturated heterocycles. The summed E-state index contributed by atoms with van der Waals surface area (Å²) in [6.45, 7) is 7.54. The predicted octanol–water partition coefficient (Wildman–Crippen LogP) is 3.76. The van der Waals surface area contributed by atoms with Crippen LogP contribution in [0.15, 0.2) is 65.4 Å². The fourth-order valence-electron chi connectivity index (χ4n) is 6.52. The third-order valence-electron chi connectivity index (χ3n) is 9.07. The number of fused-ring (bicyclic) bond motifs is 4. The van der Waals surface area contributed by atoms with Crippen molar-refractivity contribution in [2.24, 2.45) is 5.92 Å². The highest BCUT2D eigenvalue weighted by Crippen LogP contribution is 2.38. The van der Waals surface area contributed by atoms with Gasteiger partial charge in [0.2, 0.25) is 11.8 Å². The first kappa shape index (κ1) is 35.1. The van der Waals surface area contributed by atoms with Gasteiger partial charge >= 0.3 is 0 Å². The van der Waals surface area contributed by atoms with Gasteiger partial charge in [0, 0.05) is 68.9 Å². The lowest BCUT2D eigenvalue weighted by Crippen LogP contribution is -2.37. The summed E-state index contributed by atoms with van der Waals surface area (Å²) in [6, 6.07) is 15.9. The summed E-state index contributed by atoms with van der Waals surface area (Å²) >= 11 is 0. The van der Waals surface area contributed by atoms with Gasteiger partial charge in [0.1, 0.15) is 12.4 Å². The van der Waals surface area contributed by atoms with E-state index in [1.165, 1.54) is 0 Å². The van der Waals surface area contributed by atoms with E-state index in [0.29, 0.717) is 63.7 Å². The lowest BCUT2D eigenvalue weighted by Gasteiger charge is -2.24. The van der Waals surface area contributed by atoms with Gasteiger partial charge in [-0.1, -0.05) is 29.4 Å². The molecule has 13 nitrogen and oxygen atoms in total. The molecule has 0 aliphatic carbocycles. The first-order chi connectivity index (χ1) is 23.8. The molecule has 2 amide bonds. The molecule has 0 unspecified atom stereocenters. The average molecular weight is 673 g/mol. The van der Waals surface area contributed by atoms with Crippen LogP contribution in [-0.2, 0) is 27.3 Å². The van der Waals surface area contributed by atoms with E-state index in [4.69, 9.17) is 23.9 Å². The van der Waals surface area contributed by atoms with E-state index in [9.17, 15) is 9.59 Å². The van der Waals surface area contributed by atoms with Crippen molar-refractivity contribution in [1.82, 2.24) is 30.1 Å². The van der Waals surface area contributed by atoms with Crippen LogP contribution in [-0.4, -0.2) is 94.6 Å². The van der Waals surface area contributed by atoms with Crippen molar-refractivity contribution in [3.63, 3.8) is 0 Å². The predicted molar refractivity (Wildman–Crippen MR) is 181 cm³/mol. The first-order valence-electron chi connectivity index (χ1n) is 16.5. The number of aryl methyl sites for hydroxylation is 2. The maximum atomic E-state index is 13.6. The van der Waals surface area contributed by atoms with Gasteiger partial charge in [-0.25, -0.2) is 4.68 Å². The van der Waals surface area contributed by atoms with Gasteiger partial charge in [-0.3, -0.25) is 19.3 Å². The second-order valence-corrected chi connectivity index (χ2v) is 12.2. The van der Waals surface area contributed by atoms with Crippen LogP contribution in [0.25, 0.3) is 5.69 Å². The number of hydrogen-bond donors (Lipinski definition) is 2. The third kappa shape index (κ3) is 8.85. The molecular weight excluding hydrogens is 628 g/mol. The smallest absolute Gasteiger partial charge is 0.290 e. The highest BCUT2D eigenvalue weighted by Gasteiger charge is 2.40. The number of likely N-dealkylation sites (tertiary alicyclic amines) is 1. The van der Waals surface area contributed by atoms with Crippen LogP contribution in [0.4, 0.5) is 0 Å². The minimum absolute atomic E-state index is 0.0226. The topological polar surface area (TPSA) is 152 Å². The molecule has 2 aliphatic heterocycles. The number of aromatic nitrogens is 3. The highest BCUT2D eigenvalue weighted by molar-refractivity contribution is 5.83. The molecule has 2 aliphatic rings. The summed E-state index contributed by atoms with van der Waals surface area (Å²) in [5, 5.41) is 18.6. The number of amides is 2. The Morgan fingerprint density at radius 3 is 2.63 bits per heavy atom. The molecule has 2 aromatic heterocycles. The largest absolute Gasteiger partial charge is 0.493 e. The van der Waals surface area contributed by atoms with E-state index in [2.05, 4.69) is 26.7 Å². The number of rotatable bonds is 7. The number of carbonyl (C=O) groups excluding carboxylic acids is 2. The summed E-state index contributed by atoms with van der Waals surface area (Å²) in [5.41, 5.74) is 4.85.